The van der Waals surface area contributed by atoms with E-state index in [1.807, 2.05) is 36.4 Å². The van der Waals surface area contributed by atoms with Crippen LogP contribution in [-0.4, -0.2) is 35.2 Å². The highest BCUT2D eigenvalue weighted by molar-refractivity contribution is 14.1. The number of nitrogens with zero attached hydrogens (tertiary/aromatic N) is 1. The lowest BCUT2D eigenvalue weighted by Gasteiger charge is -2.26. The molecule has 5 heteroatoms. The van der Waals surface area contributed by atoms with Crippen LogP contribution in [0, 0.1) is 3.57 Å². The maximum Gasteiger partial charge on any atom is 0.255 e. The van der Waals surface area contributed by atoms with E-state index in [4.69, 9.17) is 4.74 Å². The molecule has 0 saturated carbocycles. The van der Waals surface area contributed by atoms with Crippen LogP contribution >= 0.6 is 22.6 Å². The van der Waals surface area contributed by atoms with E-state index in [2.05, 4.69) is 22.6 Å². The molecular weight excluding hydrogens is 417 g/mol. The van der Waals surface area contributed by atoms with E-state index in [1.54, 1.807) is 17.0 Å². The van der Waals surface area contributed by atoms with Crippen LogP contribution in [0.3, 0.4) is 0 Å². The molecule has 3 rings (SSSR count). The molecule has 1 aliphatic heterocycles. The number of phenols is 1. The molecule has 0 spiro atoms. The number of phenolic OH excluding ortho intramolecular Hbond substituents is 1. The number of carbonyl (C=O) groups excluding carboxylic acids is 1. The van der Waals surface area contributed by atoms with Crippen LogP contribution in [0.4, 0.5) is 0 Å². The van der Waals surface area contributed by atoms with Crippen LogP contribution in [0.25, 0.3) is 0 Å². The Morgan fingerprint density at radius 3 is 2.67 bits per heavy atom. The standard InChI is InChI=1S/C19H20INO3/c20-17-9-3-2-8-16(17)19(23)21(13-15-7-5-11-24-15)12-14-6-1-4-10-18(14)22/h1-4,6,8-10,15,22H,5,7,11-13H2. The van der Waals surface area contributed by atoms with Crippen LogP contribution in [0.2, 0.25) is 0 Å². The first-order chi connectivity index (χ1) is 11.6. The molecular formula is C19H20INO3. The van der Waals surface area contributed by atoms with Crippen molar-refractivity contribution in [3.63, 3.8) is 0 Å². The lowest BCUT2D eigenvalue weighted by atomic mass is 10.1. The van der Waals surface area contributed by atoms with E-state index in [1.165, 1.54) is 0 Å². The van der Waals surface area contributed by atoms with Gasteiger partial charge in [0.15, 0.2) is 0 Å². The van der Waals surface area contributed by atoms with Gasteiger partial charge in [-0.25, -0.2) is 0 Å². The maximum absolute atomic E-state index is 13.1. The van der Waals surface area contributed by atoms with Crippen LogP contribution in [-0.2, 0) is 11.3 Å². The summed E-state index contributed by atoms with van der Waals surface area (Å²) in [7, 11) is 0. The summed E-state index contributed by atoms with van der Waals surface area (Å²) in [6.07, 6.45) is 2.07. The SMILES string of the molecule is O=C(c1ccccc1I)N(Cc1ccccc1O)CC1CCCO1. The van der Waals surface area contributed by atoms with Gasteiger partial charge in [-0.2, -0.15) is 0 Å². The van der Waals surface area contributed by atoms with Gasteiger partial charge in [0.25, 0.3) is 5.91 Å². The van der Waals surface area contributed by atoms with Crippen molar-refractivity contribution in [2.45, 2.75) is 25.5 Å². The van der Waals surface area contributed by atoms with Crippen LogP contribution in [0.15, 0.2) is 48.5 Å². The Labute approximate surface area is 155 Å². The summed E-state index contributed by atoms with van der Waals surface area (Å²) >= 11 is 2.18. The second kappa shape index (κ2) is 7.98. The zero-order valence-electron chi connectivity index (χ0n) is 13.3. The Balaban J connectivity index is 1.85. The topological polar surface area (TPSA) is 49.8 Å². The number of para-hydroxylation sites is 1. The van der Waals surface area contributed by atoms with Crippen molar-refractivity contribution >= 4 is 28.5 Å². The van der Waals surface area contributed by atoms with Crippen molar-refractivity contribution in [2.75, 3.05) is 13.2 Å². The lowest BCUT2D eigenvalue weighted by molar-refractivity contribution is 0.0505. The smallest absolute Gasteiger partial charge is 0.255 e. The van der Waals surface area contributed by atoms with Crippen molar-refractivity contribution in [3.8, 4) is 5.75 Å². The van der Waals surface area contributed by atoms with Gasteiger partial charge in [0.1, 0.15) is 5.75 Å². The predicted octanol–water partition coefficient (Wildman–Crippen LogP) is 3.82. The van der Waals surface area contributed by atoms with E-state index in [0.29, 0.717) is 18.7 Å². The Morgan fingerprint density at radius 1 is 1.21 bits per heavy atom. The fraction of sp³-hybridized carbons (Fsp3) is 0.316. The molecule has 0 bridgehead atoms. The molecule has 24 heavy (non-hydrogen) atoms. The minimum Gasteiger partial charge on any atom is -0.508 e. The largest absolute Gasteiger partial charge is 0.508 e. The normalized spacial score (nSPS) is 17.0. The lowest BCUT2D eigenvalue weighted by Crippen LogP contribution is -2.37. The van der Waals surface area contributed by atoms with Crippen LogP contribution < -0.4 is 0 Å². The van der Waals surface area contributed by atoms with Crippen LogP contribution in [0.5, 0.6) is 5.75 Å². The Bertz CT molecular complexity index is 713. The van der Waals surface area contributed by atoms with E-state index in [9.17, 15) is 9.90 Å². The number of halogens is 1. The third-order valence-electron chi connectivity index (χ3n) is 4.19. The molecule has 1 N–H and O–H groups in total. The van der Waals surface area contributed by atoms with Gasteiger partial charge in [-0.3, -0.25) is 4.79 Å². The van der Waals surface area contributed by atoms with Gasteiger partial charge in [-0.1, -0.05) is 30.3 Å². The monoisotopic (exact) mass is 437 g/mol. The average molecular weight is 437 g/mol. The van der Waals surface area contributed by atoms with Crippen LogP contribution in [0.1, 0.15) is 28.8 Å². The van der Waals surface area contributed by atoms with E-state index in [-0.39, 0.29) is 17.8 Å². The van der Waals surface area contributed by atoms with Gasteiger partial charge in [0, 0.05) is 28.8 Å². The number of amides is 1. The number of hydrogen-bond acceptors (Lipinski definition) is 3. The summed E-state index contributed by atoms with van der Waals surface area (Å²) in [4.78, 5) is 14.8. The van der Waals surface area contributed by atoms with E-state index in [0.717, 1.165) is 28.6 Å². The number of aromatic hydroxyl groups is 1. The number of carbonyl (C=O) groups is 1. The third kappa shape index (κ3) is 4.08. The molecule has 1 aliphatic rings. The fourth-order valence-corrected chi connectivity index (χ4v) is 3.53. The van der Waals surface area contributed by atoms with Crippen molar-refractivity contribution in [1.82, 2.24) is 4.90 Å². The molecule has 1 fully saturated rings. The molecule has 1 heterocycles. The molecule has 1 atom stereocenters. The first-order valence-corrected chi connectivity index (χ1v) is 9.15. The minimum absolute atomic E-state index is 0.0289. The van der Waals surface area contributed by atoms with Gasteiger partial charge in [-0.15, -0.1) is 0 Å². The quantitative estimate of drug-likeness (QED) is 0.724. The predicted molar refractivity (Wildman–Crippen MR) is 101 cm³/mol. The highest BCUT2D eigenvalue weighted by Gasteiger charge is 2.25. The summed E-state index contributed by atoms with van der Waals surface area (Å²) in [5, 5.41) is 10.1. The van der Waals surface area contributed by atoms with E-state index >= 15 is 0 Å². The molecule has 0 aromatic heterocycles. The number of rotatable bonds is 5. The second-order valence-electron chi connectivity index (χ2n) is 5.93. The molecule has 1 unspecified atom stereocenters. The zero-order valence-corrected chi connectivity index (χ0v) is 15.5. The average Bonchev–Trinajstić information content (AvgIpc) is 3.09. The Kier molecular flexibility index (Phi) is 5.73. The zero-order chi connectivity index (χ0) is 16.9. The number of ether oxygens (including phenoxy) is 1. The molecule has 0 radical (unpaired) electrons. The van der Waals surface area contributed by atoms with Gasteiger partial charge < -0.3 is 14.7 Å². The van der Waals surface area contributed by atoms with Gasteiger partial charge in [0.2, 0.25) is 0 Å². The highest BCUT2D eigenvalue weighted by atomic mass is 127. The second-order valence-corrected chi connectivity index (χ2v) is 7.09. The van der Waals surface area contributed by atoms with E-state index < -0.39 is 0 Å². The first-order valence-electron chi connectivity index (χ1n) is 8.07. The molecule has 126 valence electrons. The molecule has 4 nitrogen and oxygen atoms in total. The third-order valence-corrected chi connectivity index (χ3v) is 5.13. The van der Waals surface area contributed by atoms with Crippen molar-refractivity contribution < 1.29 is 14.6 Å². The highest BCUT2D eigenvalue weighted by Crippen LogP contribution is 2.23. The summed E-state index contributed by atoms with van der Waals surface area (Å²) in [5.41, 5.74) is 1.43. The fourth-order valence-electron chi connectivity index (χ4n) is 2.91. The first kappa shape index (κ1) is 17.2. The van der Waals surface area contributed by atoms with Crippen molar-refractivity contribution in [2.24, 2.45) is 0 Å². The number of hydrogen-bond donors (Lipinski definition) is 1. The van der Waals surface area contributed by atoms with Gasteiger partial charge >= 0.3 is 0 Å². The van der Waals surface area contributed by atoms with Gasteiger partial charge in [0.05, 0.1) is 11.7 Å². The Morgan fingerprint density at radius 2 is 1.96 bits per heavy atom. The minimum atomic E-state index is -0.0289. The summed E-state index contributed by atoms with van der Waals surface area (Å²) in [6, 6.07) is 14.7. The summed E-state index contributed by atoms with van der Waals surface area (Å²) in [5.74, 6) is 0.184. The van der Waals surface area contributed by atoms with Crippen molar-refractivity contribution in [1.29, 1.82) is 0 Å². The molecule has 2 aromatic carbocycles. The van der Waals surface area contributed by atoms with Crippen molar-refractivity contribution in [3.05, 3.63) is 63.2 Å². The molecule has 2 aromatic rings. The summed E-state index contributed by atoms with van der Waals surface area (Å²) in [6.45, 7) is 1.67. The molecule has 0 aliphatic carbocycles. The number of benzene rings is 2. The Hall–Kier alpha value is -1.60. The molecule has 1 saturated heterocycles. The molecule has 1 amide bonds. The maximum atomic E-state index is 13.1. The van der Waals surface area contributed by atoms with Gasteiger partial charge in [-0.05, 0) is 53.6 Å². The summed E-state index contributed by atoms with van der Waals surface area (Å²) < 4.78 is 6.64.